The van der Waals surface area contributed by atoms with Crippen LogP contribution in [0.2, 0.25) is 0 Å². The summed E-state index contributed by atoms with van der Waals surface area (Å²) in [5.41, 5.74) is 14.6. The molecule has 16 rings (SSSR count). The fraction of sp³-hybridized carbons (Fsp3) is 0.226. The number of hydrogen-bond acceptors (Lipinski definition) is 28. The van der Waals surface area contributed by atoms with E-state index >= 15 is 0 Å². The normalized spacial score (nSPS) is 10.9. The van der Waals surface area contributed by atoms with Crippen molar-refractivity contribution >= 4 is 138 Å². The molecule has 0 aliphatic rings. The number of carbonyl (C=O) groups is 4. The van der Waals surface area contributed by atoms with Gasteiger partial charge in [-0.2, -0.15) is 20.4 Å². The smallest absolute Gasteiger partial charge is 0.234 e. The van der Waals surface area contributed by atoms with Crippen LogP contribution >= 0.6 is 47.0 Å². The quantitative estimate of drug-likeness (QED) is 0.0147. The minimum atomic E-state index is -0.260. The Hall–Kier alpha value is -15.2. The lowest BCUT2D eigenvalue weighted by Crippen LogP contribution is -2.24. The maximum Gasteiger partial charge on any atom is 0.234 e. The Morgan fingerprint density at radius 2 is 0.647 bits per heavy atom. The molecule has 0 radical (unpaired) electrons. The zero-order valence-corrected chi connectivity index (χ0v) is 78.7. The summed E-state index contributed by atoms with van der Waals surface area (Å²) in [6.45, 7) is 13.6. The number of fused-ring (bicyclic) bond motifs is 4. The van der Waals surface area contributed by atoms with Crippen molar-refractivity contribution in [2.24, 2.45) is 0 Å². The number of nitrogens with one attached hydrogen (secondary N) is 12. The summed E-state index contributed by atoms with van der Waals surface area (Å²) < 4.78 is 49.2. The second kappa shape index (κ2) is 44.0. The molecule has 0 unspecified atom stereocenters. The SMILES string of the molecule is CCc1ccccc1-n1c(SCC(=O)Nc2cc(OC)ccc2OC)nc2n[nH]c(C)c2c1=N.CCc1ccccc1-n1c(SCC(=O)Nc2ccc(OC)cc2OC)nc2n[nH]c(C)c2c1=N.COc1ccc(-n2c(SCC(=O)Nc3cc(OC)ccc3OC)nc3n[nH]c(C)c3c2=N)cc1.COc1ccc(-n2c(SCC(=O)Nc3cccc(C)c3)nc3n[nH]c(C)c3c2=N)cc1. The van der Waals surface area contributed by atoms with Crippen molar-refractivity contribution in [2.75, 3.05) is 101 Å². The first-order valence-corrected chi connectivity index (χ1v) is 45.3. The van der Waals surface area contributed by atoms with Crippen LogP contribution in [-0.4, -0.2) is 183 Å². The second-order valence-electron chi connectivity index (χ2n) is 29.3. The van der Waals surface area contributed by atoms with Crippen LogP contribution in [0.1, 0.15) is 53.3 Å². The average molecular weight is 1870 g/mol. The van der Waals surface area contributed by atoms with Gasteiger partial charge in [0.1, 0.15) is 67.9 Å². The maximum atomic E-state index is 12.8. The average Bonchev–Trinajstić information content (AvgIpc) is 1.68. The van der Waals surface area contributed by atoms with E-state index in [9.17, 15) is 19.2 Å². The Bertz CT molecular complexity index is 7230. The van der Waals surface area contributed by atoms with Gasteiger partial charge in [0.25, 0.3) is 0 Å². The molecule has 0 fully saturated rings. The summed E-state index contributed by atoms with van der Waals surface area (Å²) in [4.78, 5) is 69.6. The lowest BCUT2D eigenvalue weighted by atomic mass is 10.1. The molecule has 12 N–H and O–H groups in total. The van der Waals surface area contributed by atoms with Gasteiger partial charge in [-0.3, -0.25) is 79.5 Å². The lowest BCUT2D eigenvalue weighted by Gasteiger charge is -2.16. The highest BCUT2D eigenvalue weighted by atomic mass is 32.2. The number of aryl methyl sites for hydroxylation is 7. The van der Waals surface area contributed by atoms with Gasteiger partial charge < -0.3 is 59.2 Å². The third-order valence-corrected chi connectivity index (χ3v) is 24.4. The summed E-state index contributed by atoms with van der Waals surface area (Å²) >= 11 is 4.95. The van der Waals surface area contributed by atoms with Crippen molar-refractivity contribution in [3.05, 3.63) is 237 Å². The zero-order chi connectivity index (χ0) is 94.7. The number of ether oxygens (including phenoxy) is 8. The molecule has 0 spiro atoms. The van der Waals surface area contributed by atoms with Gasteiger partial charge in [-0.25, -0.2) is 19.9 Å². The Labute approximate surface area is 779 Å². The lowest BCUT2D eigenvalue weighted by molar-refractivity contribution is -0.114. The predicted octanol–water partition coefficient (Wildman–Crippen LogP) is 14.6. The van der Waals surface area contributed by atoms with Gasteiger partial charge >= 0.3 is 0 Å². The molecule has 0 saturated carbocycles. The molecular weight excluding hydrogens is 1770 g/mol. The number of benzene rings is 8. The molecule has 0 saturated heterocycles. The zero-order valence-electron chi connectivity index (χ0n) is 75.4. The molecule has 40 heteroatoms. The van der Waals surface area contributed by atoms with Crippen LogP contribution in [0.15, 0.2) is 197 Å². The molecule has 16 aromatic rings. The molecule has 0 aliphatic carbocycles. The van der Waals surface area contributed by atoms with Gasteiger partial charge in [-0.05, 0) is 173 Å². The standard InChI is InChI=1S/2C24H26N6O3S.C23H24N6O4S.C22H22N6O2S/c1-5-15-8-6-7-9-18(15)30-22(25)21-14(2)28-29-23(21)27-24(30)34-13-20(31)26-17-12-16(32-3)10-11-19(17)33-4;1-5-15-8-6-7-9-18(15)30-22(25)21-14(2)28-29-23(21)27-24(30)34-13-20(31)26-17-11-10-16(32-3)12-19(17)33-4;1-13-20-21(24)29(14-5-7-15(31-2)8-6-14)23(26-22(20)28-27-13)34-12-19(30)25-17-11-16(32-3)9-10-18(17)33-4;1-13-5-4-6-15(11-13)24-18(29)12-31-22-25-21-19(14(2)26-27-21)20(23)28(22)16-7-9-17(30-3)10-8-16/h2*6-12,25H,5,13H2,1-4H3,(H,26,31)(H,28,29);5-11,24H,12H2,1-4H3,(H,25,30)(H,27,28);4-11,23H,12H2,1-3H3,(H,24,29)(H,26,27). The van der Waals surface area contributed by atoms with Gasteiger partial charge in [0.15, 0.2) is 43.2 Å². The highest BCUT2D eigenvalue weighted by Crippen LogP contribution is 2.35. The third-order valence-electron chi connectivity index (χ3n) is 20.7. The molecule has 686 valence electrons. The van der Waals surface area contributed by atoms with Crippen molar-refractivity contribution in [3.63, 3.8) is 0 Å². The number of para-hydroxylation sites is 2. The number of carbonyl (C=O) groups excluding carboxylic acids is 4. The molecule has 8 aromatic carbocycles. The number of hydrogen-bond donors (Lipinski definition) is 12. The molecule has 0 aliphatic heterocycles. The fourth-order valence-corrected chi connectivity index (χ4v) is 17.3. The summed E-state index contributed by atoms with van der Waals surface area (Å²) in [5, 5.41) is 80.0. The van der Waals surface area contributed by atoms with E-state index in [0.29, 0.717) is 122 Å². The first-order valence-electron chi connectivity index (χ1n) is 41.3. The Balaban J connectivity index is 0.000000151. The monoisotopic (exact) mass is 1870 g/mol. The van der Waals surface area contributed by atoms with E-state index in [1.54, 1.807) is 116 Å². The van der Waals surface area contributed by atoms with E-state index in [0.717, 1.165) is 86.5 Å². The van der Waals surface area contributed by atoms with Crippen LogP contribution in [-0.2, 0) is 32.0 Å². The highest BCUT2D eigenvalue weighted by Gasteiger charge is 2.25. The molecule has 0 bridgehead atoms. The van der Waals surface area contributed by atoms with Crippen LogP contribution in [0.5, 0.6) is 46.0 Å². The number of aromatic amines is 4. The van der Waals surface area contributed by atoms with Gasteiger partial charge in [0.05, 0.1) is 130 Å². The van der Waals surface area contributed by atoms with E-state index in [4.69, 9.17) is 59.5 Å². The fourth-order valence-electron chi connectivity index (χ4n) is 14.1. The second-order valence-corrected chi connectivity index (χ2v) is 33.0. The number of thioether (sulfide) groups is 4. The summed E-state index contributed by atoms with van der Waals surface area (Å²) in [7, 11) is 12.5. The van der Waals surface area contributed by atoms with Gasteiger partial charge in [0, 0.05) is 58.0 Å². The maximum absolute atomic E-state index is 12.8. The first-order chi connectivity index (χ1) is 64.3. The van der Waals surface area contributed by atoms with Crippen LogP contribution < -0.4 is 81.1 Å². The summed E-state index contributed by atoms with van der Waals surface area (Å²) in [6, 6.07) is 53.7. The van der Waals surface area contributed by atoms with E-state index < -0.39 is 0 Å². The predicted molar refractivity (Wildman–Crippen MR) is 514 cm³/mol. The van der Waals surface area contributed by atoms with Crippen molar-refractivity contribution < 1.29 is 57.1 Å². The molecular formula is C93H98N24O12S4. The number of aromatic nitrogens is 16. The number of anilines is 4. The topological polar surface area (TPSA) is 472 Å². The molecule has 0 atom stereocenters. The number of H-pyrrole nitrogens is 4. The van der Waals surface area contributed by atoms with Crippen LogP contribution in [0, 0.1) is 56.3 Å². The molecule has 8 heterocycles. The van der Waals surface area contributed by atoms with Gasteiger partial charge in [0.2, 0.25) is 23.6 Å². The van der Waals surface area contributed by atoms with E-state index in [-0.39, 0.29) is 68.6 Å². The highest BCUT2D eigenvalue weighted by molar-refractivity contribution is 8.00. The number of nitrogens with zero attached hydrogens (tertiary/aromatic N) is 12. The van der Waals surface area contributed by atoms with Crippen molar-refractivity contribution in [1.29, 1.82) is 21.6 Å². The van der Waals surface area contributed by atoms with E-state index in [1.165, 1.54) is 61.3 Å². The van der Waals surface area contributed by atoms with Crippen molar-refractivity contribution in [3.8, 4) is 68.7 Å². The van der Waals surface area contributed by atoms with Crippen LogP contribution in [0.4, 0.5) is 22.7 Å². The number of amides is 4. The summed E-state index contributed by atoms with van der Waals surface area (Å²) in [5.74, 6) is 4.31. The van der Waals surface area contributed by atoms with E-state index in [1.807, 2.05) is 156 Å². The minimum Gasteiger partial charge on any atom is -0.497 e. The van der Waals surface area contributed by atoms with Crippen molar-refractivity contribution in [1.82, 2.24) is 79.0 Å². The van der Waals surface area contributed by atoms with Crippen LogP contribution in [0.25, 0.3) is 66.9 Å². The van der Waals surface area contributed by atoms with E-state index in [2.05, 4.69) is 95.8 Å². The molecule has 8 aromatic heterocycles. The first kappa shape index (κ1) is 95.4. The van der Waals surface area contributed by atoms with Gasteiger partial charge in [-0.15, -0.1) is 0 Å². The largest absolute Gasteiger partial charge is 0.497 e. The Morgan fingerprint density at radius 1 is 0.331 bits per heavy atom. The molecule has 36 nitrogen and oxygen atoms in total. The van der Waals surface area contributed by atoms with Gasteiger partial charge in [-0.1, -0.05) is 109 Å². The summed E-state index contributed by atoms with van der Waals surface area (Å²) in [6.07, 6.45) is 1.60. The Morgan fingerprint density at radius 3 is 0.992 bits per heavy atom. The third kappa shape index (κ3) is 22.1. The molecule has 133 heavy (non-hydrogen) atoms. The Kier molecular flexibility index (Phi) is 31.5. The minimum absolute atomic E-state index is 0.0534. The van der Waals surface area contributed by atoms with Crippen molar-refractivity contribution in [2.45, 2.75) is 81.9 Å². The van der Waals surface area contributed by atoms with Crippen LogP contribution in [0.3, 0.4) is 0 Å². The molecule has 4 amide bonds. The number of rotatable bonds is 30. The number of methoxy groups -OCH3 is 8.